The summed E-state index contributed by atoms with van der Waals surface area (Å²) in [5.41, 5.74) is 4.95. The van der Waals surface area contributed by atoms with Crippen LogP contribution in [0.2, 0.25) is 5.02 Å². The van der Waals surface area contributed by atoms with Gasteiger partial charge in [0.1, 0.15) is 5.02 Å². The Morgan fingerprint density at radius 3 is 2.44 bits per heavy atom. The number of aryl methyl sites for hydroxylation is 1. The van der Waals surface area contributed by atoms with E-state index in [9.17, 15) is 23.3 Å². The van der Waals surface area contributed by atoms with Crippen LogP contribution >= 0.6 is 11.6 Å². The number of benzene rings is 3. The number of sulfonamides is 1. The standard InChI is InChI=1S/C23H21ClN4O5S/c1-16-5-3-4-6-19(16)15-27(34(2,32)33)20-10-8-18(9-11-20)23(29)26-25-14-17-7-12-21(24)22(13-17)28(30)31/h3-14H,15H2,1-2H3,(H,26,29)/b25-14-. The highest BCUT2D eigenvalue weighted by Crippen LogP contribution is 2.25. The van der Waals surface area contributed by atoms with Gasteiger partial charge in [-0.2, -0.15) is 5.10 Å². The van der Waals surface area contributed by atoms with Gasteiger partial charge in [0.2, 0.25) is 10.0 Å². The maximum Gasteiger partial charge on any atom is 0.288 e. The maximum atomic E-state index is 12.4. The smallest absolute Gasteiger partial charge is 0.267 e. The minimum Gasteiger partial charge on any atom is -0.267 e. The van der Waals surface area contributed by atoms with E-state index in [1.165, 1.54) is 40.9 Å². The molecule has 0 saturated carbocycles. The number of carbonyl (C=O) groups is 1. The number of anilines is 1. The predicted molar refractivity (Wildman–Crippen MR) is 132 cm³/mol. The summed E-state index contributed by atoms with van der Waals surface area (Å²) in [7, 11) is -3.57. The van der Waals surface area contributed by atoms with Gasteiger partial charge in [-0.15, -0.1) is 0 Å². The second kappa shape index (κ2) is 10.4. The lowest BCUT2D eigenvalue weighted by Crippen LogP contribution is -2.29. The number of rotatable bonds is 8. The van der Waals surface area contributed by atoms with Gasteiger partial charge in [0.05, 0.1) is 29.6 Å². The minimum atomic E-state index is -3.57. The van der Waals surface area contributed by atoms with Gasteiger partial charge in [-0.3, -0.25) is 19.2 Å². The Morgan fingerprint density at radius 1 is 1.15 bits per heavy atom. The molecule has 0 unspecified atom stereocenters. The lowest BCUT2D eigenvalue weighted by atomic mass is 10.1. The lowest BCUT2D eigenvalue weighted by Gasteiger charge is -2.23. The molecule has 0 heterocycles. The second-order valence-electron chi connectivity index (χ2n) is 7.41. The number of carbonyl (C=O) groups excluding carboxylic acids is 1. The molecule has 11 heteroatoms. The lowest BCUT2D eigenvalue weighted by molar-refractivity contribution is -0.384. The molecule has 1 amide bonds. The highest BCUT2D eigenvalue weighted by atomic mass is 35.5. The van der Waals surface area contributed by atoms with E-state index in [1.54, 1.807) is 12.1 Å². The fraction of sp³-hybridized carbons (Fsp3) is 0.130. The Hall–Kier alpha value is -3.76. The summed E-state index contributed by atoms with van der Waals surface area (Å²) < 4.78 is 26.1. The van der Waals surface area contributed by atoms with Crippen molar-refractivity contribution >= 4 is 45.1 Å². The Morgan fingerprint density at radius 2 is 1.82 bits per heavy atom. The molecule has 0 spiro atoms. The largest absolute Gasteiger partial charge is 0.288 e. The van der Waals surface area contributed by atoms with E-state index in [0.717, 1.165) is 17.4 Å². The summed E-state index contributed by atoms with van der Waals surface area (Å²) in [5, 5.41) is 14.8. The Bertz CT molecular complexity index is 1360. The van der Waals surface area contributed by atoms with Crippen LogP contribution in [0.1, 0.15) is 27.0 Å². The molecule has 0 aliphatic heterocycles. The summed E-state index contributed by atoms with van der Waals surface area (Å²) in [6.07, 6.45) is 2.38. The SMILES string of the molecule is Cc1ccccc1CN(c1ccc(C(=O)N/N=C\c2ccc(Cl)c([N+](=O)[O-])c2)cc1)S(C)(=O)=O. The molecule has 0 aliphatic carbocycles. The van der Waals surface area contributed by atoms with Crippen LogP contribution in [-0.2, 0) is 16.6 Å². The fourth-order valence-electron chi connectivity index (χ4n) is 3.10. The van der Waals surface area contributed by atoms with E-state index < -0.39 is 20.9 Å². The Balaban J connectivity index is 1.73. The van der Waals surface area contributed by atoms with E-state index in [1.807, 2.05) is 31.2 Å². The topological polar surface area (TPSA) is 122 Å². The Labute approximate surface area is 201 Å². The van der Waals surface area contributed by atoms with Gasteiger partial charge in [0.25, 0.3) is 11.6 Å². The Kier molecular flexibility index (Phi) is 7.64. The number of nitrogens with one attached hydrogen (secondary N) is 1. The molecule has 0 bridgehead atoms. The average molecular weight is 501 g/mol. The van der Waals surface area contributed by atoms with Crippen molar-refractivity contribution in [2.45, 2.75) is 13.5 Å². The summed E-state index contributed by atoms with van der Waals surface area (Å²) in [6.45, 7) is 2.07. The van der Waals surface area contributed by atoms with E-state index in [-0.39, 0.29) is 22.8 Å². The number of nitro benzene ring substituents is 1. The van der Waals surface area contributed by atoms with Crippen molar-refractivity contribution in [1.82, 2.24) is 5.43 Å². The van der Waals surface area contributed by atoms with Crippen molar-refractivity contribution < 1.29 is 18.1 Å². The van der Waals surface area contributed by atoms with Crippen LogP contribution in [0.25, 0.3) is 0 Å². The van der Waals surface area contributed by atoms with Gasteiger partial charge in [-0.05, 0) is 48.4 Å². The quantitative estimate of drug-likeness (QED) is 0.281. The van der Waals surface area contributed by atoms with Crippen molar-refractivity contribution in [2.24, 2.45) is 5.10 Å². The highest BCUT2D eigenvalue weighted by molar-refractivity contribution is 7.92. The second-order valence-corrected chi connectivity index (χ2v) is 9.72. The molecule has 3 rings (SSSR count). The van der Waals surface area contributed by atoms with Crippen LogP contribution in [0.3, 0.4) is 0 Å². The van der Waals surface area contributed by atoms with Gasteiger partial charge in [0.15, 0.2) is 0 Å². The van der Waals surface area contributed by atoms with Gasteiger partial charge >= 0.3 is 0 Å². The molecule has 176 valence electrons. The number of hydrogen-bond acceptors (Lipinski definition) is 6. The predicted octanol–water partition coefficient (Wildman–Crippen LogP) is 4.29. The molecule has 0 aliphatic rings. The molecule has 9 nitrogen and oxygen atoms in total. The molecule has 0 radical (unpaired) electrons. The van der Waals surface area contributed by atoms with Gasteiger partial charge in [0, 0.05) is 17.2 Å². The first-order valence-electron chi connectivity index (χ1n) is 9.96. The van der Waals surface area contributed by atoms with Crippen LogP contribution in [0.15, 0.2) is 71.8 Å². The molecule has 3 aromatic carbocycles. The van der Waals surface area contributed by atoms with E-state index >= 15 is 0 Å². The summed E-state index contributed by atoms with van der Waals surface area (Å²) in [4.78, 5) is 22.7. The first-order valence-corrected chi connectivity index (χ1v) is 12.2. The molecule has 3 aromatic rings. The summed E-state index contributed by atoms with van der Waals surface area (Å²) >= 11 is 5.77. The average Bonchev–Trinajstić information content (AvgIpc) is 2.78. The molecule has 0 fully saturated rings. The van der Waals surface area contributed by atoms with Crippen molar-refractivity contribution in [3.63, 3.8) is 0 Å². The fourth-order valence-corrected chi connectivity index (χ4v) is 4.17. The van der Waals surface area contributed by atoms with Gasteiger partial charge < -0.3 is 0 Å². The number of hydrazone groups is 1. The van der Waals surface area contributed by atoms with E-state index in [0.29, 0.717) is 11.3 Å². The molecule has 0 aromatic heterocycles. The number of hydrogen-bond donors (Lipinski definition) is 1. The first-order chi connectivity index (χ1) is 16.1. The van der Waals surface area contributed by atoms with Crippen LogP contribution < -0.4 is 9.73 Å². The van der Waals surface area contributed by atoms with Crippen molar-refractivity contribution in [3.8, 4) is 0 Å². The third-order valence-corrected chi connectivity index (χ3v) is 6.40. The molecule has 0 saturated heterocycles. The van der Waals surface area contributed by atoms with Crippen molar-refractivity contribution in [3.05, 3.63) is 104 Å². The molecule has 0 atom stereocenters. The zero-order chi connectivity index (χ0) is 24.9. The van der Waals surface area contributed by atoms with Crippen LogP contribution in [0.4, 0.5) is 11.4 Å². The molecule has 1 N–H and O–H groups in total. The zero-order valence-corrected chi connectivity index (χ0v) is 19.9. The molecule has 34 heavy (non-hydrogen) atoms. The number of nitrogens with zero attached hydrogens (tertiary/aromatic N) is 3. The third-order valence-electron chi connectivity index (χ3n) is 4.94. The highest BCUT2D eigenvalue weighted by Gasteiger charge is 2.19. The normalized spacial score (nSPS) is 11.4. The number of halogens is 1. The van der Waals surface area contributed by atoms with Crippen LogP contribution in [0, 0.1) is 17.0 Å². The van der Waals surface area contributed by atoms with Crippen molar-refractivity contribution in [1.29, 1.82) is 0 Å². The number of nitro groups is 1. The molecular formula is C23H21ClN4O5S. The van der Waals surface area contributed by atoms with Crippen LogP contribution in [0.5, 0.6) is 0 Å². The number of amides is 1. The van der Waals surface area contributed by atoms with Crippen LogP contribution in [-0.4, -0.2) is 31.7 Å². The first kappa shape index (κ1) is 24.9. The van der Waals surface area contributed by atoms with Crippen molar-refractivity contribution in [2.75, 3.05) is 10.6 Å². The minimum absolute atomic E-state index is 0.00293. The van der Waals surface area contributed by atoms with E-state index in [2.05, 4.69) is 10.5 Å². The van der Waals surface area contributed by atoms with Gasteiger partial charge in [-0.25, -0.2) is 13.8 Å². The monoisotopic (exact) mass is 500 g/mol. The van der Waals surface area contributed by atoms with Gasteiger partial charge in [-0.1, -0.05) is 41.9 Å². The van der Waals surface area contributed by atoms with E-state index in [4.69, 9.17) is 11.6 Å². The zero-order valence-electron chi connectivity index (χ0n) is 18.3. The summed E-state index contributed by atoms with van der Waals surface area (Å²) in [6, 6.07) is 17.7. The molecular weight excluding hydrogens is 480 g/mol. The third kappa shape index (κ3) is 6.18. The summed E-state index contributed by atoms with van der Waals surface area (Å²) in [5.74, 6) is -0.531. The maximum absolute atomic E-state index is 12.4.